The third-order valence-corrected chi connectivity index (χ3v) is 7.07. The van der Waals surface area contributed by atoms with Crippen molar-refractivity contribution in [2.75, 3.05) is 11.6 Å². The molecule has 0 radical (unpaired) electrons. The van der Waals surface area contributed by atoms with Crippen molar-refractivity contribution in [3.63, 3.8) is 0 Å². The fourth-order valence-electron chi connectivity index (χ4n) is 2.97. The van der Waals surface area contributed by atoms with Crippen molar-refractivity contribution in [3.8, 4) is 5.13 Å². The Balaban J connectivity index is 1.72. The van der Waals surface area contributed by atoms with Crippen molar-refractivity contribution < 1.29 is 13.2 Å². The Morgan fingerprint density at radius 2 is 1.93 bits per heavy atom. The fourth-order valence-corrected chi connectivity index (χ4v) is 4.92. The summed E-state index contributed by atoms with van der Waals surface area (Å²) in [6, 6.07) is 11.3. The van der Waals surface area contributed by atoms with Gasteiger partial charge in [0.25, 0.3) is 5.91 Å². The topological polar surface area (TPSA) is 94.0 Å². The highest BCUT2D eigenvalue weighted by Crippen LogP contribution is 2.34. The number of aryl methyl sites for hydroxylation is 2. The molecule has 154 valence electrons. The molecule has 4 aromatic rings. The smallest absolute Gasteiger partial charge is 0.256 e. The quantitative estimate of drug-likeness (QED) is 0.487. The molecule has 7 nitrogen and oxygen atoms in total. The molecule has 0 aliphatic rings. The largest absolute Gasteiger partial charge is 0.306 e. The lowest BCUT2D eigenvalue weighted by molar-refractivity contribution is 0.102. The van der Waals surface area contributed by atoms with Crippen LogP contribution in [0.15, 0.2) is 47.4 Å². The average Bonchev–Trinajstić information content (AvgIpc) is 3.29. The van der Waals surface area contributed by atoms with Crippen LogP contribution in [-0.4, -0.2) is 35.3 Å². The first-order valence-electron chi connectivity index (χ1n) is 8.87. The first-order chi connectivity index (χ1) is 14.1. The molecule has 0 fully saturated rings. The molecule has 30 heavy (non-hydrogen) atoms. The summed E-state index contributed by atoms with van der Waals surface area (Å²) in [5, 5.41) is 8.42. The van der Waals surface area contributed by atoms with Gasteiger partial charge in [0.1, 0.15) is 5.82 Å². The Kier molecular flexibility index (Phi) is 5.13. The number of nitrogens with one attached hydrogen (secondary N) is 1. The monoisotopic (exact) mass is 460 g/mol. The number of aromatic nitrogens is 3. The number of nitrogens with zero attached hydrogens (tertiary/aromatic N) is 3. The van der Waals surface area contributed by atoms with Crippen LogP contribution in [0.3, 0.4) is 0 Å². The minimum atomic E-state index is -3.42. The Morgan fingerprint density at radius 3 is 2.63 bits per heavy atom. The van der Waals surface area contributed by atoms with E-state index in [4.69, 9.17) is 11.6 Å². The highest BCUT2D eigenvalue weighted by atomic mass is 35.5. The van der Waals surface area contributed by atoms with Crippen LogP contribution in [0.4, 0.5) is 5.82 Å². The van der Waals surface area contributed by atoms with E-state index in [-0.39, 0.29) is 10.5 Å². The SMILES string of the molecule is Cc1cc(NC(=O)c2cccc(S(C)(=O)=O)c2)n(-c2nc3c(C)ccc(Cl)c3s2)n1. The predicted octanol–water partition coefficient (Wildman–Crippen LogP) is 4.41. The van der Waals surface area contributed by atoms with E-state index in [0.717, 1.165) is 22.0 Å². The molecule has 1 amide bonds. The Bertz CT molecular complexity index is 1370. The molecule has 2 heterocycles. The fraction of sp³-hybridized carbons (Fsp3) is 0.150. The van der Waals surface area contributed by atoms with Crippen LogP contribution < -0.4 is 5.32 Å². The van der Waals surface area contributed by atoms with Crippen molar-refractivity contribution >= 4 is 54.7 Å². The van der Waals surface area contributed by atoms with Gasteiger partial charge < -0.3 is 5.32 Å². The molecule has 2 aromatic heterocycles. The zero-order valence-corrected chi connectivity index (χ0v) is 18.7. The number of carbonyl (C=O) groups excluding carboxylic acids is 1. The van der Waals surface area contributed by atoms with E-state index in [1.54, 1.807) is 16.8 Å². The van der Waals surface area contributed by atoms with Crippen LogP contribution in [-0.2, 0) is 9.84 Å². The van der Waals surface area contributed by atoms with Gasteiger partial charge in [-0.15, -0.1) is 0 Å². The molecule has 0 spiro atoms. The summed E-state index contributed by atoms with van der Waals surface area (Å²) >= 11 is 7.69. The second-order valence-electron chi connectivity index (χ2n) is 6.88. The first kappa shape index (κ1) is 20.5. The number of rotatable bonds is 4. The van der Waals surface area contributed by atoms with E-state index in [1.807, 2.05) is 26.0 Å². The minimum absolute atomic E-state index is 0.0797. The van der Waals surface area contributed by atoms with Crippen LogP contribution in [0.2, 0.25) is 5.02 Å². The number of thiazole rings is 1. The summed E-state index contributed by atoms with van der Waals surface area (Å²) in [7, 11) is -3.42. The number of carbonyl (C=O) groups is 1. The third kappa shape index (κ3) is 3.83. The summed E-state index contributed by atoms with van der Waals surface area (Å²) in [6.45, 7) is 3.76. The lowest BCUT2D eigenvalue weighted by Gasteiger charge is -2.07. The summed E-state index contributed by atoms with van der Waals surface area (Å²) in [6.07, 6.45) is 1.10. The molecule has 0 bridgehead atoms. The number of benzene rings is 2. The molecule has 0 aliphatic heterocycles. The van der Waals surface area contributed by atoms with Gasteiger partial charge in [-0.05, 0) is 43.7 Å². The molecule has 10 heteroatoms. The van der Waals surface area contributed by atoms with Crippen molar-refractivity contribution in [1.29, 1.82) is 0 Å². The van der Waals surface area contributed by atoms with E-state index in [9.17, 15) is 13.2 Å². The molecule has 0 aliphatic carbocycles. The summed E-state index contributed by atoms with van der Waals surface area (Å²) in [4.78, 5) is 17.5. The lowest BCUT2D eigenvalue weighted by atomic mass is 10.2. The standard InChI is InChI=1S/C20H17ClN4O3S2/c1-11-7-8-15(21)18-17(11)23-20(29-18)25-16(9-12(2)24-25)22-19(26)13-5-4-6-14(10-13)30(3,27)28/h4-10H,1-3H3,(H,22,26). The molecular weight excluding hydrogens is 444 g/mol. The van der Waals surface area contributed by atoms with Crippen LogP contribution in [0.5, 0.6) is 0 Å². The molecule has 0 atom stereocenters. The summed E-state index contributed by atoms with van der Waals surface area (Å²) in [5.41, 5.74) is 2.70. The normalized spacial score (nSPS) is 11.7. The number of anilines is 1. The Hall–Kier alpha value is -2.75. The molecule has 2 aromatic carbocycles. The number of hydrogen-bond acceptors (Lipinski definition) is 6. The van der Waals surface area contributed by atoms with Crippen LogP contribution in [0.25, 0.3) is 15.3 Å². The van der Waals surface area contributed by atoms with Gasteiger partial charge in [-0.1, -0.05) is 35.1 Å². The molecule has 0 unspecified atom stereocenters. The van der Waals surface area contributed by atoms with Crippen molar-refractivity contribution in [3.05, 3.63) is 64.3 Å². The third-order valence-electron chi connectivity index (χ3n) is 4.46. The Morgan fingerprint density at radius 1 is 1.17 bits per heavy atom. The van der Waals surface area contributed by atoms with Crippen LogP contribution >= 0.6 is 22.9 Å². The van der Waals surface area contributed by atoms with Gasteiger partial charge in [0, 0.05) is 17.9 Å². The Labute approximate surface area is 182 Å². The first-order valence-corrected chi connectivity index (χ1v) is 12.0. The zero-order valence-electron chi connectivity index (χ0n) is 16.3. The van der Waals surface area contributed by atoms with E-state index >= 15 is 0 Å². The number of halogens is 1. The molecule has 4 rings (SSSR count). The molecule has 0 saturated heterocycles. The molecular formula is C20H17ClN4O3S2. The van der Waals surface area contributed by atoms with Gasteiger partial charge in [-0.25, -0.2) is 13.4 Å². The van der Waals surface area contributed by atoms with Gasteiger partial charge in [-0.3, -0.25) is 4.79 Å². The number of amides is 1. The van der Waals surface area contributed by atoms with Gasteiger partial charge in [0.15, 0.2) is 9.84 Å². The molecule has 0 saturated carbocycles. The highest BCUT2D eigenvalue weighted by molar-refractivity contribution is 7.90. The second-order valence-corrected chi connectivity index (χ2v) is 10.3. The summed E-state index contributed by atoms with van der Waals surface area (Å²) in [5.74, 6) is -0.0212. The maximum atomic E-state index is 12.8. The maximum absolute atomic E-state index is 12.8. The number of hydrogen-bond donors (Lipinski definition) is 1. The van der Waals surface area contributed by atoms with E-state index in [2.05, 4.69) is 15.4 Å². The van der Waals surface area contributed by atoms with Gasteiger partial charge >= 0.3 is 0 Å². The van der Waals surface area contributed by atoms with Crippen LogP contribution in [0, 0.1) is 13.8 Å². The van der Waals surface area contributed by atoms with E-state index in [0.29, 0.717) is 21.7 Å². The maximum Gasteiger partial charge on any atom is 0.256 e. The van der Waals surface area contributed by atoms with Crippen LogP contribution in [0.1, 0.15) is 21.6 Å². The van der Waals surface area contributed by atoms with Crippen molar-refractivity contribution in [2.45, 2.75) is 18.7 Å². The van der Waals surface area contributed by atoms with Crippen molar-refractivity contribution in [2.24, 2.45) is 0 Å². The predicted molar refractivity (Wildman–Crippen MR) is 119 cm³/mol. The molecule has 1 N–H and O–H groups in total. The van der Waals surface area contributed by atoms with E-state index in [1.165, 1.54) is 29.5 Å². The second kappa shape index (κ2) is 7.50. The van der Waals surface area contributed by atoms with Gasteiger partial charge in [-0.2, -0.15) is 9.78 Å². The lowest BCUT2D eigenvalue weighted by Crippen LogP contribution is -2.15. The minimum Gasteiger partial charge on any atom is -0.306 e. The number of sulfone groups is 1. The van der Waals surface area contributed by atoms with E-state index < -0.39 is 15.7 Å². The zero-order chi connectivity index (χ0) is 21.6. The van der Waals surface area contributed by atoms with Gasteiger partial charge in [0.05, 0.1) is 25.8 Å². The van der Waals surface area contributed by atoms with Gasteiger partial charge in [0.2, 0.25) is 5.13 Å². The number of fused-ring (bicyclic) bond motifs is 1. The highest BCUT2D eigenvalue weighted by Gasteiger charge is 2.18. The van der Waals surface area contributed by atoms with Crippen molar-refractivity contribution in [1.82, 2.24) is 14.8 Å². The average molecular weight is 461 g/mol. The summed E-state index contributed by atoms with van der Waals surface area (Å²) < 4.78 is 26.0.